The summed E-state index contributed by atoms with van der Waals surface area (Å²) >= 11 is 0. The second-order valence-corrected chi connectivity index (χ2v) is 3.90. The van der Waals surface area contributed by atoms with Crippen molar-refractivity contribution >= 4 is 5.91 Å². The summed E-state index contributed by atoms with van der Waals surface area (Å²) in [6.07, 6.45) is 5.31. The molecule has 0 unspecified atom stereocenters. The van der Waals surface area contributed by atoms with Gasteiger partial charge in [0.15, 0.2) is 0 Å². The van der Waals surface area contributed by atoms with Crippen molar-refractivity contribution in [1.29, 1.82) is 0 Å². The minimum Gasteiger partial charge on any atom is -0.349 e. The number of hydrogen-bond acceptors (Lipinski definition) is 2. The van der Waals surface area contributed by atoms with E-state index in [9.17, 15) is 4.79 Å². The van der Waals surface area contributed by atoms with Crippen LogP contribution in [0.1, 0.15) is 15.9 Å². The number of nitrogens with one attached hydrogen (secondary N) is 1. The van der Waals surface area contributed by atoms with Crippen molar-refractivity contribution in [1.82, 2.24) is 15.1 Å². The van der Waals surface area contributed by atoms with E-state index in [2.05, 4.69) is 17.0 Å². The van der Waals surface area contributed by atoms with Crippen molar-refractivity contribution in [3.63, 3.8) is 0 Å². The molecule has 18 heavy (non-hydrogen) atoms. The molecule has 0 aliphatic rings. The zero-order valence-corrected chi connectivity index (χ0v) is 10.0. The maximum Gasteiger partial charge on any atom is 0.251 e. The van der Waals surface area contributed by atoms with Gasteiger partial charge >= 0.3 is 0 Å². The highest BCUT2D eigenvalue weighted by atomic mass is 16.1. The second kappa shape index (κ2) is 5.82. The highest BCUT2D eigenvalue weighted by Crippen LogP contribution is 2.06. The molecule has 0 atom stereocenters. The maximum absolute atomic E-state index is 11.7. The molecule has 0 aliphatic carbocycles. The van der Waals surface area contributed by atoms with Crippen LogP contribution in [0, 0.1) is 0 Å². The lowest BCUT2D eigenvalue weighted by molar-refractivity contribution is 0.0958. The molecule has 0 radical (unpaired) electrons. The van der Waals surface area contributed by atoms with E-state index >= 15 is 0 Å². The predicted octanol–water partition coefficient (Wildman–Crippen LogP) is 1.85. The van der Waals surface area contributed by atoms with Crippen LogP contribution in [-0.2, 0) is 6.54 Å². The average Bonchev–Trinajstić information content (AvgIpc) is 2.89. The Morgan fingerprint density at radius 3 is 2.78 bits per heavy atom. The highest BCUT2D eigenvalue weighted by molar-refractivity contribution is 5.94. The zero-order valence-electron chi connectivity index (χ0n) is 10.0. The SMILES string of the molecule is C=CCNC(=O)c1ccc(Cn2cccn2)cc1. The van der Waals surface area contributed by atoms with Crippen LogP contribution >= 0.6 is 0 Å². The molecule has 0 aliphatic heterocycles. The van der Waals surface area contributed by atoms with E-state index in [1.165, 1.54) is 0 Å². The highest BCUT2D eigenvalue weighted by Gasteiger charge is 2.03. The first-order valence-corrected chi connectivity index (χ1v) is 5.75. The largest absolute Gasteiger partial charge is 0.349 e. The van der Waals surface area contributed by atoms with Crippen molar-refractivity contribution in [2.24, 2.45) is 0 Å². The fourth-order valence-electron chi connectivity index (χ4n) is 1.61. The van der Waals surface area contributed by atoms with Crippen LogP contribution in [0.15, 0.2) is 55.4 Å². The summed E-state index contributed by atoms with van der Waals surface area (Å²) < 4.78 is 1.84. The van der Waals surface area contributed by atoms with Gasteiger partial charge in [-0.3, -0.25) is 9.48 Å². The van der Waals surface area contributed by atoms with Gasteiger partial charge in [0.25, 0.3) is 5.91 Å². The smallest absolute Gasteiger partial charge is 0.251 e. The standard InChI is InChI=1S/C14H15N3O/c1-2-8-15-14(18)13-6-4-12(5-7-13)11-17-10-3-9-16-17/h2-7,9-10H,1,8,11H2,(H,15,18). The molecule has 0 spiro atoms. The van der Waals surface area contributed by atoms with Gasteiger partial charge in [-0.25, -0.2) is 0 Å². The molecule has 1 aromatic carbocycles. The van der Waals surface area contributed by atoms with E-state index < -0.39 is 0 Å². The van der Waals surface area contributed by atoms with Crippen molar-refractivity contribution < 1.29 is 4.79 Å². The van der Waals surface area contributed by atoms with Crippen molar-refractivity contribution in [3.8, 4) is 0 Å². The van der Waals surface area contributed by atoms with Gasteiger partial charge in [-0.15, -0.1) is 6.58 Å². The van der Waals surface area contributed by atoms with Crippen LogP contribution in [0.3, 0.4) is 0 Å². The minimum atomic E-state index is -0.0828. The summed E-state index contributed by atoms with van der Waals surface area (Å²) in [5, 5.41) is 6.87. The Balaban J connectivity index is 2.01. The Kier molecular flexibility index (Phi) is 3.91. The molecule has 0 saturated carbocycles. The van der Waals surface area contributed by atoms with Gasteiger partial charge in [0, 0.05) is 24.5 Å². The van der Waals surface area contributed by atoms with Crippen LogP contribution in [-0.4, -0.2) is 22.2 Å². The van der Waals surface area contributed by atoms with Crippen molar-refractivity contribution in [2.75, 3.05) is 6.54 Å². The number of hydrogen-bond donors (Lipinski definition) is 1. The summed E-state index contributed by atoms with van der Waals surface area (Å²) in [5.74, 6) is -0.0828. The Morgan fingerprint density at radius 1 is 1.39 bits per heavy atom. The monoisotopic (exact) mass is 241 g/mol. The number of benzene rings is 1. The lowest BCUT2D eigenvalue weighted by Gasteiger charge is -2.05. The predicted molar refractivity (Wildman–Crippen MR) is 70.3 cm³/mol. The Morgan fingerprint density at radius 2 is 2.17 bits per heavy atom. The molecular weight excluding hydrogens is 226 g/mol. The molecule has 1 heterocycles. The number of carbonyl (C=O) groups is 1. The fourth-order valence-corrected chi connectivity index (χ4v) is 1.61. The molecule has 1 N–H and O–H groups in total. The van der Waals surface area contributed by atoms with E-state index in [0.29, 0.717) is 18.7 Å². The molecule has 0 fully saturated rings. The second-order valence-electron chi connectivity index (χ2n) is 3.90. The van der Waals surface area contributed by atoms with Gasteiger partial charge in [-0.05, 0) is 23.8 Å². The van der Waals surface area contributed by atoms with E-state index in [1.807, 2.05) is 41.2 Å². The summed E-state index contributed by atoms with van der Waals surface area (Å²) in [5.41, 5.74) is 1.76. The Labute approximate surface area is 106 Å². The van der Waals surface area contributed by atoms with Crippen LogP contribution in [0.5, 0.6) is 0 Å². The van der Waals surface area contributed by atoms with Gasteiger partial charge in [0.2, 0.25) is 0 Å². The fraction of sp³-hybridized carbons (Fsp3) is 0.143. The first-order valence-electron chi connectivity index (χ1n) is 5.75. The topological polar surface area (TPSA) is 46.9 Å². The summed E-state index contributed by atoms with van der Waals surface area (Å²) in [6, 6.07) is 9.39. The maximum atomic E-state index is 11.7. The molecule has 4 nitrogen and oxygen atoms in total. The number of amides is 1. The normalized spacial score (nSPS) is 10.0. The molecule has 4 heteroatoms. The quantitative estimate of drug-likeness (QED) is 0.812. The molecule has 92 valence electrons. The van der Waals surface area contributed by atoms with E-state index in [-0.39, 0.29) is 5.91 Å². The zero-order chi connectivity index (χ0) is 12.8. The Bertz CT molecular complexity index is 514. The molecule has 2 aromatic rings. The molecule has 1 amide bonds. The number of carbonyl (C=O) groups excluding carboxylic acids is 1. The number of nitrogens with zero attached hydrogens (tertiary/aromatic N) is 2. The van der Waals surface area contributed by atoms with Crippen molar-refractivity contribution in [3.05, 3.63) is 66.5 Å². The molecule has 2 rings (SSSR count). The number of aromatic nitrogens is 2. The third kappa shape index (κ3) is 3.07. The average molecular weight is 241 g/mol. The minimum absolute atomic E-state index is 0.0828. The van der Waals surface area contributed by atoms with E-state index in [0.717, 1.165) is 5.56 Å². The molecule has 0 bridgehead atoms. The molecule has 0 saturated heterocycles. The Hall–Kier alpha value is -2.36. The first-order chi connectivity index (χ1) is 8.79. The van der Waals surface area contributed by atoms with E-state index in [1.54, 1.807) is 12.3 Å². The van der Waals surface area contributed by atoms with E-state index in [4.69, 9.17) is 0 Å². The van der Waals surface area contributed by atoms with Crippen LogP contribution in [0.25, 0.3) is 0 Å². The molecule has 1 aromatic heterocycles. The van der Waals surface area contributed by atoms with Crippen LogP contribution in [0.2, 0.25) is 0 Å². The van der Waals surface area contributed by atoms with Crippen LogP contribution < -0.4 is 5.32 Å². The lowest BCUT2D eigenvalue weighted by Crippen LogP contribution is -2.23. The summed E-state index contributed by atoms with van der Waals surface area (Å²) in [7, 11) is 0. The number of rotatable bonds is 5. The van der Waals surface area contributed by atoms with Crippen LogP contribution in [0.4, 0.5) is 0 Å². The third-order valence-corrected chi connectivity index (χ3v) is 2.53. The van der Waals surface area contributed by atoms with Gasteiger partial charge in [0.1, 0.15) is 0 Å². The van der Waals surface area contributed by atoms with Crippen molar-refractivity contribution in [2.45, 2.75) is 6.54 Å². The summed E-state index contributed by atoms with van der Waals surface area (Å²) in [6.45, 7) is 4.75. The van der Waals surface area contributed by atoms with Gasteiger partial charge in [0.05, 0.1) is 6.54 Å². The molecular formula is C14H15N3O. The van der Waals surface area contributed by atoms with Gasteiger partial charge in [-0.2, -0.15) is 5.10 Å². The summed E-state index contributed by atoms with van der Waals surface area (Å²) in [4.78, 5) is 11.7. The van der Waals surface area contributed by atoms with Gasteiger partial charge < -0.3 is 5.32 Å². The first kappa shape index (κ1) is 12.1. The lowest BCUT2D eigenvalue weighted by atomic mass is 10.1. The third-order valence-electron chi connectivity index (χ3n) is 2.53. The van der Waals surface area contributed by atoms with Gasteiger partial charge in [-0.1, -0.05) is 18.2 Å².